The molecule has 208 valence electrons. The van der Waals surface area contributed by atoms with Crippen LogP contribution in [0.15, 0.2) is 58.4 Å². The van der Waals surface area contributed by atoms with E-state index in [9.17, 15) is 14.4 Å². The molecule has 0 bridgehead atoms. The van der Waals surface area contributed by atoms with Crippen molar-refractivity contribution in [2.24, 2.45) is 4.99 Å². The zero-order valence-corrected chi connectivity index (χ0v) is 23.3. The van der Waals surface area contributed by atoms with E-state index in [1.54, 1.807) is 48.0 Å². The van der Waals surface area contributed by atoms with E-state index >= 15 is 0 Å². The van der Waals surface area contributed by atoms with Gasteiger partial charge in [-0.2, -0.15) is 4.99 Å². The highest BCUT2D eigenvalue weighted by Gasteiger charge is 2.25. The number of fused-ring (bicyclic) bond motifs is 2. The maximum atomic E-state index is 13.5. The second-order valence-electron chi connectivity index (χ2n) is 9.22. The van der Waals surface area contributed by atoms with Gasteiger partial charge in [0.15, 0.2) is 11.6 Å². The molecule has 0 spiro atoms. The first-order valence-corrected chi connectivity index (χ1v) is 13.6. The van der Waals surface area contributed by atoms with Gasteiger partial charge in [0.2, 0.25) is 0 Å². The summed E-state index contributed by atoms with van der Waals surface area (Å²) in [4.78, 5) is 49.1. The Bertz CT molecular complexity index is 1740. The molecule has 40 heavy (non-hydrogen) atoms. The average molecular weight is 585 g/mol. The molecular formula is C28H26Cl2N4O6. The van der Waals surface area contributed by atoms with E-state index in [0.29, 0.717) is 17.3 Å². The fraction of sp³-hybridized carbons (Fsp3) is 0.321. The van der Waals surface area contributed by atoms with Gasteiger partial charge in [0.1, 0.15) is 22.6 Å². The predicted octanol–water partition coefficient (Wildman–Crippen LogP) is 4.21. The van der Waals surface area contributed by atoms with E-state index < -0.39 is 18.0 Å². The van der Waals surface area contributed by atoms with Crippen molar-refractivity contribution in [2.75, 3.05) is 13.2 Å². The fourth-order valence-electron chi connectivity index (χ4n) is 4.53. The zero-order valence-electron chi connectivity index (χ0n) is 21.8. The lowest BCUT2D eigenvalue weighted by molar-refractivity contribution is -0.124. The maximum absolute atomic E-state index is 13.5. The summed E-state index contributed by atoms with van der Waals surface area (Å²) in [6.45, 7) is 4.06. The van der Waals surface area contributed by atoms with Crippen molar-refractivity contribution >= 4 is 51.8 Å². The van der Waals surface area contributed by atoms with Crippen LogP contribution in [-0.4, -0.2) is 51.2 Å². The van der Waals surface area contributed by atoms with Gasteiger partial charge in [0, 0.05) is 17.8 Å². The molecule has 5 rings (SSSR count). The lowest BCUT2D eigenvalue weighted by Crippen LogP contribution is -2.36. The molecule has 4 heterocycles. The quantitative estimate of drug-likeness (QED) is 0.236. The molecule has 0 unspecified atom stereocenters. The van der Waals surface area contributed by atoms with Crippen molar-refractivity contribution in [3.8, 4) is 5.75 Å². The number of pyridine rings is 2. The third-order valence-electron chi connectivity index (χ3n) is 6.46. The Hall–Kier alpha value is -3.73. The number of esters is 1. The highest BCUT2D eigenvalue weighted by atomic mass is 35.5. The standard InChI is InChI=1S/C28H26Cl2N4O6/c1-3-38-28(37)20-14-19-24(31-23-8-4-5-11-33(23)27(19)36)34(15-18-7-6-12-39-18)25(20)32-26(35)16(2)40-22-10-9-17(29)13-21(22)30/h4-5,8-11,13-14,16,18H,3,6-7,12,15H2,1-2H3/t16-,18-/m1/s1. The number of carbonyl (C=O) groups is 2. The van der Waals surface area contributed by atoms with Gasteiger partial charge in [-0.15, -0.1) is 0 Å². The second-order valence-corrected chi connectivity index (χ2v) is 10.1. The fourth-order valence-corrected chi connectivity index (χ4v) is 4.98. The summed E-state index contributed by atoms with van der Waals surface area (Å²) in [7, 11) is 0. The summed E-state index contributed by atoms with van der Waals surface area (Å²) >= 11 is 12.2. The number of aromatic nitrogens is 3. The number of nitrogens with zero attached hydrogens (tertiary/aromatic N) is 4. The van der Waals surface area contributed by atoms with Gasteiger partial charge >= 0.3 is 5.97 Å². The first kappa shape index (κ1) is 27.8. The van der Waals surface area contributed by atoms with Gasteiger partial charge < -0.3 is 18.8 Å². The van der Waals surface area contributed by atoms with Crippen LogP contribution < -0.4 is 15.8 Å². The van der Waals surface area contributed by atoms with Gasteiger partial charge in [-0.3, -0.25) is 14.0 Å². The highest BCUT2D eigenvalue weighted by Crippen LogP contribution is 2.28. The summed E-state index contributed by atoms with van der Waals surface area (Å²) in [5, 5.41) is 0.825. The lowest BCUT2D eigenvalue weighted by atomic mass is 10.2. The van der Waals surface area contributed by atoms with Crippen LogP contribution in [0.25, 0.3) is 16.7 Å². The van der Waals surface area contributed by atoms with E-state index in [-0.39, 0.29) is 57.7 Å². The Balaban J connectivity index is 1.72. The Kier molecular flexibility index (Phi) is 8.20. The highest BCUT2D eigenvalue weighted by molar-refractivity contribution is 6.35. The van der Waals surface area contributed by atoms with Crippen LogP contribution in [-0.2, 0) is 20.8 Å². The van der Waals surface area contributed by atoms with Crippen LogP contribution in [0.3, 0.4) is 0 Å². The topological polar surface area (TPSA) is 113 Å². The molecule has 1 saturated heterocycles. The summed E-state index contributed by atoms with van der Waals surface area (Å²) in [5.41, 5.74) is 0.236. The maximum Gasteiger partial charge on any atom is 0.341 e. The summed E-state index contributed by atoms with van der Waals surface area (Å²) in [6.07, 6.45) is 1.91. The minimum absolute atomic E-state index is 0.00344. The van der Waals surface area contributed by atoms with Gasteiger partial charge in [-0.1, -0.05) is 29.3 Å². The van der Waals surface area contributed by atoms with Crippen LogP contribution in [0.5, 0.6) is 5.75 Å². The van der Waals surface area contributed by atoms with Crippen molar-refractivity contribution in [1.29, 1.82) is 0 Å². The number of amides is 1. The molecule has 0 saturated carbocycles. The molecule has 2 atom stereocenters. The minimum atomic E-state index is -1.07. The molecular weight excluding hydrogens is 559 g/mol. The minimum Gasteiger partial charge on any atom is -0.479 e. The van der Waals surface area contributed by atoms with E-state index in [1.165, 1.54) is 23.5 Å². The number of benzene rings is 1. The Morgan fingerprint density at radius 3 is 2.77 bits per heavy atom. The number of carbonyl (C=O) groups excluding carboxylic acids is 2. The molecule has 0 radical (unpaired) electrons. The zero-order chi connectivity index (χ0) is 28.4. The van der Waals surface area contributed by atoms with Crippen molar-refractivity contribution in [2.45, 2.75) is 45.4 Å². The van der Waals surface area contributed by atoms with Crippen molar-refractivity contribution in [3.05, 3.63) is 80.1 Å². The third kappa shape index (κ3) is 5.60. The predicted molar refractivity (Wildman–Crippen MR) is 149 cm³/mol. The van der Waals surface area contributed by atoms with E-state index in [0.717, 1.165) is 12.8 Å². The average Bonchev–Trinajstić information content (AvgIpc) is 3.45. The first-order chi connectivity index (χ1) is 19.3. The van der Waals surface area contributed by atoms with Crippen LogP contribution in [0.2, 0.25) is 10.0 Å². The number of rotatable bonds is 7. The Morgan fingerprint density at radius 2 is 2.05 bits per heavy atom. The SMILES string of the molecule is CCOC(=O)c1cc2c(=O)n3ccccc3nc2n(C[C@H]2CCCO2)c1=NC(=O)[C@@H](C)Oc1ccc(Cl)cc1Cl. The number of hydrogen-bond acceptors (Lipinski definition) is 7. The van der Waals surface area contributed by atoms with Crippen LogP contribution >= 0.6 is 23.2 Å². The molecule has 4 aromatic rings. The largest absolute Gasteiger partial charge is 0.479 e. The van der Waals surface area contributed by atoms with E-state index in [1.807, 2.05) is 0 Å². The van der Waals surface area contributed by atoms with Crippen molar-refractivity contribution in [3.63, 3.8) is 0 Å². The molecule has 1 aromatic carbocycles. The summed E-state index contributed by atoms with van der Waals surface area (Å²) in [5.74, 6) is -1.17. The lowest BCUT2D eigenvalue weighted by Gasteiger charge is -2.18. The van der Waals surface area contributed by atoms with Crippen molar-refractivity contribution in [1.82, 2.24) is 14.0 Å². The normalized spacial score (nSPS) is 16.4. The molecule has 0 N–H and O–H groups in total. The molecule has 0 aliphatic carbocycles. The summed E-state index contributed by atoms with van der Waals surface area (Å²) in [6, 6.07) is 11.2. The van der Waals surface area contributed by atoms with E-state index in [2.05, 4.69) is 4.99 Å². The molecule has 1 aliphatic heterocycles. The first-order valence-electron chi connectivity index (χ1n) is 12.8. The Labute approximate surface area is 238 Å². The van der Waals surface area contributed by atoms with Crippen LogP contribution in [0.4, 0.5) is 0 Å². The summed E-state index contributed by atoms with van der Waals surface area (Å²) < 4.78 is 19.9. The third-order valence-corrected chi connectivity index (χ3v) is 6.99. The number of halogens is 2. The molecule has 1 amide bonds. The van der Waals surface area contributed by atoms with Crippen molar-refractivity contribution < 1.29 is 23.8 Å². The number of hydrogen-bond donors (Lipinski definition) is 0. The molecule has 1 aliphatic rings. The van der Waals surface area contributed by atoms with Gasteiger partial charge in [-0.25, -0.2) is 9.78 Å². The Morgan fingerprint density at radius 1 is 1.23 bits per heavy atom. The van der Waals surface area contributed by atoms with Crippen LogP contribution in [0.1, 0.15) is 37.0 Å². The monoisotopic (exact) mass is 584 g/mol. The van der Waals surface area contributed by atoms with Crippen LogP contribution in [0, 0.1) is 0 Å². The smallest absolute Gasteiger partial charge is 0.341 e. The van der Waals surface area contributed by atoms with E-state index in [4.69, 9.17) is 42.4 Å². The molecule has 1 fully saturated rings. The molecule has 10 nitrogen and oxygen atoms in total. The second kappa shape index (κ2) is 11.8. The van der Waals surface area contributed by atoms with Gasteiger partial charge in [0.05, 0.1) is 29.7 Å². The van der Waals surface area contributed by atoms with Gasteiger partial charge in [-0.05, 0) is 63.1 Å². The molecule has 3 aromatic heterocycles. The molecule has 12 heteroatoms. The number of ether oxygens (including phenoxy) is 3. The van der Waals surface area contributed by atoms with Gasteiger partial charge in [0.25, 0.3) is 11.5 Å².